The van der Waals surface area contributed by atoms with Gasteiger partial charge in [0.1, 0.15) is 12.4 Å². The number of benzene rings is 2. The minimum atomic E-state index is -0.303. The zero-order valence-electron chi connectivity index (χ0n) is 12.5. The van der Waals surface area contributed by atoms with Crippen LogP contribution in [0.25, 0.3) is 0 Å². The van der Waals surface area contributed by atoms with Crippen molar-refractivity contribution in [2.75, 3.05) is 25.3 Å². The Balaban J connectivity index is 1.43. The first-order valence-electron chi connectivity index (χ1n) is 7.14. The third-order valence-electron chi connectivity index (χ3n) is 3.18. The Morgan fingerprint density at radius 1 is 1.12 bits per heavy atom. The molecule has 1 aliphatic heterocycles. The topological polar surface area (TPSA) is 68.8 Å². The highest BCUT2D eigenvalue weighted by Gasteiger charge is 2.13. The largest absolute Gasteiger partial charge is 0.492 e. The van der Waals surface area contributed by atoms with Crippen LogP contribution < -0.4 is 24.8 Å². The molecule has 0 saturated heterocycles. The average molecular weight is 458 g/mol. The van der Waals surface area contributed by atoms with Crippen molar-refractivity contribution in [2.24, 2.45) is 0 Å². The number of urea groups is 1. The molecule has 2 amide bonds. The normalized spacial score (nSPS) is 11.9. The summed E-state index contributed by atoms with van der Waals surface area (Å²) in [7, 11) is 0. The van der Waals surface area contributed by atoms with Crippen molar-refractivity contribution < 1.29 is 19.0 Å². The van der Waals surface area contributed by atoms with E-state index in [0.29, 0.717) is 36.1 Å². The Bertz CT molecular complexity index is 755. The van der Waals surface area contributed by atoms with Gasteiger partial charge in [-0.1, -0.05) is 15.9 Å². The molecule has 0 bridgehead atoms. The van der Waals surface area contributed by atoms with Crippen LogP contribution in [0.4, 0.5) is 10.5 Å². The van der Waals surface area contributed by atoms with Gasteiger partial charge in [0.25, 0.3) is 0 Å². The Kier molecular flexibility index (Phi) is 5.47. The molecule has 0 aliphatic carbocycles. The molecule has 6 nitrogen and oxygen atoms in total. The van der Waals surface area contributed by atoms with Crippen LogP contribution in [0.1, 0.15) is 0 Å². The van der Waals surface area contributed by atoms with Gasteiger partial charge < -0.3 is 24.8 Å². The third-order valence-corrected chi connectivity index (χ3v) is 4.36. The molecule has 0 saturated carbocycles. The number of carbonyl (C=O) groups is 1. The molecule has 0 unspecified atom stereocenters. The standard InChI is InChI=1S/C16H14Br2N2O4/c17-10-1-3-12(18)13(7-10)20-16(21)19-5-6-22-11-2-4-14-15(8-11)24-9-23-14/h1-4,7-8H,5-6,9H2,(H2,19,20,21). The Hall–Kier alpha value is -1.93. The van der Waals surface area contributed by atoms with Gasteiger partial charge in [0.05, 0.1) is 12.2 Å². The molecular weight excluding hydrogens is 444 g/mol. The molecule has 0 aromatic heterocycles. The number of amides is 2. The average Bonchev–Trinajstić information content (AvgIpc) is 3.03. The van der Waals surface area contributed by atoms with Gasteiger partial charge in [-0.05, 0) is 46.3 Å². The van der Waals surface area contributed by atoms with Crippen LogP contribution >= 0.6 is 31.9 Å². The summed E-state index contributed by atoms with van der Waals surface area (Å²) < 4.78 is 17.8. The quantitative estimate of drug-likeness (QED) is 0.662. The molecule has 0 fully saturated rings. The Morgan fingerprint density at radius 2 is 1.96 bits per heavy atom. The molecule has 0 atom stereocenters. The van der Waals surface area contributed by atoms with Crippen LogP contribution in [0.5, 0.6) is 17.2 Å². The van der Waals surface area contributed by atoms with Gasteiger partial charge in [-0.3, -0.25) is 0 Å². The minimum absolute atomic E-state index is 0.228. The van der Waals surface area contributed by atoms with Crippen molar-refractivity contribution in [1.82, 2.24) is 5.32 Å². The molecular formula is C16H14Br2N2O4. The van der Waals surface area contributed by atoms with Crippen LogP contribution in [-0.2, 0) is 0 Å². The number of rotatable bonds is 5. The second-order valence-electron chi connectivity index (χ2n) is 4.87. The van der Waals surface area contributed by atoms with E-state index in [1.165, 1.54) is 0 Å². The number of hydrogen-bond donors (Lipinski definition) is 2. The summed E-state index contributed by atoms with van der Waals surface area (Å²) in [5.41, 5.74) is 0.679. The lowest BCUT2D eigenvalue weighted by molar-refractivity contribution is 0.173. The predicted molar refractivity (Wildman–Crippen MR) is 96.9 cm³/mol. The van der Waals surface area contributed by atoms with E-state index in [1.807, 2.05) is 18.2 Å². The Morgan fingerprint density at radius 3 is 2.83 bits per heavy atom. The fourth-order valence-corrected chi connectivity index (χ4v) is 2.77. The molecule has 2 aromatic carbocycles. The fraction of sp³-hybridized carbons (Fsp3) is 0.188. The fourth-order valence-electron chi connectivity index (χ4n) is 2.06. The highest BCUT2D eigenvalue weighted by molar-refractivity contribution is 9.11. The van der Waals surface area contributed by atoms with Crippen molar-refractivity contribution in [3.05, 3.63) is 45.3 Å². The van der Waals surface area contributed by atoms with Crippen molar-refractivity contribution in [2.45, 2.75) is 0 Å². The molecule has 8 heteroatoms. The van der Waals surface area contributed by atoms with Crippen molar-refractivity contribution in [3.63, 3.8) is 0 Å². The first-order chi connectivity index (χ1) is 11.6. The van der Waals surface area contributed by atoms with E-state index in [9.17, 15) is 4.79 Å². The first kappa shape index (κ1) is 16.9. The van der Waals surface area contributed by atoms with Crippen molar-refractivity contribution in [1.29, 1.82) is 0 Å². The van der Waals surface area contributed by atoms with Gasteiger partial charge in [0.2, 0.25) is 6.79 Å². The number of fused-ring (bicyclic) bond motifs is 1. The van der Waals surface area contributed by atoms with Crippen LogP contribution in [0.15, 0.2) is 45.3 Å². The molecule has 2 N–H and O–H groups in total. The maximum atomic E-state index is 11.9. The van der Waals surface area contributed by atoms with Crippen LogP contribution in [0.3, 0.4) is 0 Å². The van der Waals surface area contributed by atoms with Crippen LogP contribution in [-0.4, -0.2) is 26.0 Å². The van der Waals surface area contributed by atoms with Crippen molar-refractivity contribution >= 4 is 43.6 Å². The van der Waals surface area contributed by atoms with Gasteiger partial charge in [0, 0.05) is 15.0 Å². The number of ether oxygens (including phenoxy) is 3. The first-order valence-corrected chi connectivity index (χ1v) is 8.73. The lowest BCUT2D eigenvalue weighted by Gasteiger charge is -2.10. The summed E-state index contributed by atoms with van der Waals surface area (Å²) in [6, 6.07) is 10.6. The highest BCUT2D eigenvalue weighted by Crippen LogP contribution is 2.35. The van der Waals surface area contributed by atoms with Gasteiger partial charge in [-0.15, -0.1) is 0 Å². The van der Waals surface area contributed by atoms with Crippen molar-refractivity contribution in [3.8, 4) is 17.2 Å². The number of anilines is 1. The SMILES string of the molecule is O=C(NCCOc1ccc2c(c1)OCO2)Nc1cc(Br)ccc1Br. The molecule has 126 valence electrons. The lowest BCUT2D eigenvalue weighted by Crippen LogP contribution is -2.32. The number of nitrogens with one attached hydrogen (secondary N) is 2. The van der Waals surface area contributed by atoms with Crippen LogP contribution in [0.2, 0.25) is 0 Å². The van der Waals surface area contributed by atoms with E-state index in [2.05, 4.69) is 42.5 Å². The molecule has 0 spiro atoms. The van der Waals surface area contributed by atoms with Gasteiger partial charge in [0.15, 0.2) is 11.5 Å². The third kappa shape index (κ3) is 4.33. The summed E-state index contributed by atoms with van der Waals surface area (Å²) in [6.07, 6.45) is 0. The zero-order chi connectivity index (χ0) is 16.9. The van der Waals surface area contributed by atoms with Gasteiger partial charge >= 0.3 is 6.03 Å². The molecule has 1 heterocycles. The second-order valence-corrected chi connectivity index (χ2v) is 6.64. The van der Waals surface area contributed by atoms with Gasteiger partial charge in [-0.2, -0.15) is 0 Å². The summed E-state index contributed by atoms with van der Waals surface area (Å²) >= 11 is 6.75. The van der Waals surface area contributed by atoms with E-state index in [4.69, 9.17) is 14.2 Å². The molecule has 1 aliphatic rings. The summed E-state index contributed by atoms with van der Waals surface area (Å²) in [5, 5.41) is 5.50. The van der Waals surface area contributed by atoms with E-state index in [-0.39, 0.29) is 12.8 Å². The van der Waals surface area contributed by atoms with E-state index >= 15 is 0 Å². The minimum Gasteiger partial charge on any atom is -0.492 e. The maximum absolute atomic E-state index is 11.9. The molecule has 24 heavy (non-hydrogen) atoms. The highest BCUT2D eigenvalue weighted by atomic mass is 79.9. The number of carbonyl (C=O) groups excluding carboxylic acids is 1. The smallest absolute Gasteiger partial charge is 0.319 e. The molecule has 3 rings (SSSR count). The summed E-state index contributed by atoms with van der Waals surface area (Å²) in [5.74, 6) is 2.04. The molecule has 0 radical (unpaired) electrons. The van der Waals surface area contributed by atoms with Gasteiger partial charge in [-0.25, -0.2) is 4.79 Å². The van der Waals surface area contributed by atoms with E-state index < -0.39 is 0 Å². The maximum Gasteiger partial charge on any atom is 0.319 e. The number of hydrogen-bond acceptors (Lipinski definition) is 4. The monoisotopic (exact) mass is 456 g/mol. The van der Waals surface area contributed by atoms with Crippen LogP contribution in [0, 0.1) is 0 Å². The predicted octanol–water partition coefficient (Wildman–Crippen LogP) is 4.14. The number of halogens is 2. The van der Waals surface area contributed by atoms with E-state index in [1.54, 1.807) is 18.2 Å². The second kappa shape index (κ2) is 7.76. The molecule has 2 aromatic rings. The summed E-state index contributed by atoms with van der Waals surface area (Å²) in [6.45, 7) is 0.935. The zero-order valence-corrected chi connectivity index (χ0v) is 15.6. The van der Waals surface area contributed by atoms with E-state index in [0.717, 1.165) is 8.95 Å². The lowest BCUT2D eigenvalue weighted by atomic mass is 10.3. The summed E-state index contributed by atoms with van der Waals surface area (Å²) in [4.78, 5) is 11.9. The Labute approximate surface area is 155 Å².